The van der Waals surface area contributed by atoms with Gasteiger partial charge in [0.25, 0.3) is 0 Å². The molecule has 2 N–H and O–H groups in total. The normalized spacial score (nSPS) is 15.6. The van der Waals surface area contributed by atoms with Gasteiger partial charge >= 0.3 is 0 Å². The van der Waals surface area contributed by atoms with E-state index in [1.165, 1.54) is 0 Å². The summed E-state index contributed by atoms with van der Waals surface area (Å²) in [6, 6.07) is 6.13. The number of hydrogen-bond donors (Lipinski definition) is 2. The average molecular weight is 186 g/mol. The van der Waals surface area contributed by atoms with Gasteiger partial charge in [0.05, 0.1) is 23.9 Å². The highest BCUT2D eigenvalue weighted by molar-refractivity contribution is 6.01. The maximum atomic E-state index is 4.36. The van der Waals surface area contributed by atoms with E-state index >= 15 is 0 Å². The van der Waals surface area contributed by atoms with Crippen molar-refractivity contribution in [2.24, 2.45) is 4.99 Å². The number of nitrogens with one attached hydrogen (secondary N) is 2. The molecule has 0 bridgehead atoms. The number of benzene rings is 1. The first-order valence-electron chi connectivity index (χ1n) is 4.65. The van der Waals surface area contributed by atoms with Crippen LogP contribution in [0.15, 0.2) is 29.5 Å². The van der Waals surface area contributed by atoms with Crippen LogP contribution in [-0.4, -0.2) is 28.9 Å². The summed E-state index contributed by atoms with van der Waals surface area (Å²) >= 11 is 0. The maximum Gasteiger partial charge on any atom is 0.128 e. The van der Waals surface area contributed by atoms with Crippen LogP contribution in [-0.2, 0) is 0 Å². The number of imidazole rings is 1. The molecule has 3 rings (SSSR count). The molecule has 1 aromatic heterocycles. The highest BCUT2D eigenvalue weighted by atomic mass is 15.1. The van der Waals surface area contributed by atoms with Gasteiger partial charge in [-0.3, -0.25) is 4.99 Å². The van der Waals surface area contributed by atoms with Gasteiger partial charge in [0.2, 0.25) is 0 Å². The Bertz CT molecular complexity index is 498. The molecule has 1 aromatic carbocycles. The van der Waals surface area contributed by atoms with E-state index < -0.39 is 0 Å². The summed E-state index contributed by atoms with van der Waals surface area (Å²) in [7, 11) is 0. The van der Waals surface area contributed by atoms with Crippen molar-refractivity contribution < 1.29 is 0 Å². The van der Waals surface area contributed by atoms with Crippen molar-refractivity contribution >= 4 is 16.9 Å². The molecule has 4 heteroatoms. The zero-order chi connectivity index (χ0) is 9.38. The summed E-state index contributed by atoms with van der Waals surface area (Å²) in [5.74, 6) is 0.981. The zero-order valence-electron chi connectivity index (χ0n) is 7.62. The Morgan fingerprint density at radius 3 is 3.14 bits per heavy atom. The minimum Gasteiger partial charge on any atom is -0.368 e. The first kappa shape index (κ1) is 7.55. The number of aliphatic imine (C=N–C) groups is 1. The summed E-state index contributed by atoms with van der Waals surface area (Å²) in [5, 5.41) is 3.24. The summed E-state index contributed by atoms with van der Waals surface area (Å²) in [6.45, 7) is 1.81. The molecule has 0 fully saturated rings. The largest absolute Gasteiger partial charge is 0.368 e. The number of nitrogens with zero attached hydrogens (tertiary/aromatic N) is 2. The Hall–Kier alpha value is -1.84. The molecule has 0 amide bonds. The van der Waals surface area contributed by atoms with E-state index in [-0.39, 0.29) is 0 Å². The lowest BCUT2D eigenvalue weighted by Crippen LogP contribution is -2.19. The van der Waals surface area contributed by atoms with Gasteiger partial charge in [0, 0.05) is 12.1 Å². The van der Waals surface area contributed by atoms with E-state index in [9.17, 15) is 0 Å². The van der Waals surface area contributed by atoms with Crippen molar-refractivity contribution in [1.82, 2.24) is 15.3 Å². The van der Waals surface area contributed by atoms with Gasteiger partial charge in [0.15, 0.2) is 0 Å². The molecule has 0 saturated carbocycles. The third-order valence-corrected chi connectivity index (χ3v) is 2.37. The van der Waals surface area contributed by atoms with Gasteiger partial charge in [-0.25, -0.2) is 4.98 Å². The summed E-state index contributed by atoms with van der Waals surface area (Å²) < 4.78 is 0. The van der Waals surface area contributed by atoms with E-state index in [1.54, 1.807) is 6.33 Å². The lowest BCUT2D eigenvalue weighted by Gasteiger charge is -2.01. The minimum atomic E-state index is 0.869. The van der Waals surface area contributed by atoms with Gasteiger partial charge in [0.1, 0.15) is 5.84 Å². The number of fused-ring (bicyclic) bond motifs is 1. The highest BCUT2D eigenvalue weighted by Crippen LogP contribution is 2.12. The zero-order valence-corrected chi connectivity index (χ0v) is 7.62. The van der Waals surface area contributed by atoms with Crippen LogP contribution < -0.4 is 5.32 Å². The van der Waals surface area contributed by atoms with Crippen LogP contribution in [0.1, 0.15) is 5.56 Å². The molecule has 1 aliphatic heterocycles. The number of aromatic amines is 1. The first-order valence-corrected chi connectivity index (χ1v) is 4.65. The topological polar surface area (TPSA) is 53.1 Å². The smallest absolute Gasteiger partial charge is 0.128 e. The van der Waals surface area contributed by atoms with Crippen molar-refractivity contribution in [3.8, 4) is 0 Å². The monoisotopic (exact) mass is 186 g/mol. The van der Waals surface area contributed by atoms with Crippen molar-refractivity contribution in [1.29, 1.82) is 0 Å². The second kappa shape index (κ2) is 2.83. The number of rotatable bonds is 1. The van der Waals surface area contributed by atoms with Crippen LogP contribution >= 0.6 is 0 Å². The van der Waals surface area contributed by atoms with Gasteiger partial charge in [-0.1, -0.05) is 0 Å². The van der Waals surface area contributed by atoms with E-state index in [0.717, 1.165) is 35.5 Å². The van der Waals surface area contributed by atoms with Crippen LogP contribution in [0.3, 0.4) is 0 Å². The molecule has 0 aliphatic carbocycles. The highest BCUT2D eigenvalue weighted by Gasteiger charge is 2.08. The Morgan fingerprint density at radius 2 is 2.29 bits per heavy atom. The Labute approximate surface area is 81.1 Å². The molecule has 0 atom stereocenters. The fourth-order valence-corrected chi connectivity index (χ4v) is 1.67. The van der Waals surface area contributed by atoms with Crippen LogP contribution in [0.25, 0.3) is 11.0 Å². The molecular weight excluding hydrogens is 176 g/mol. The minimum absolute atomic E-state index is 0.869. The SMILES string of the molecule is c1nc2cc(C3=NCCN3)ccc2[nH]1. The number of amidine groups is 1. The van der Waals surface area contributed by atoms with Gasteiger partial charge in [-0.2, -0.15) is 0 Å². The maximum absolute atomic E-state index is 4.36. The second-order valence-corrected chi connectivity index (χ2v) is 3.29. The third-order valence-electron chi connectivity index (χ3n) is 2.37. The molecule has 2 aromatic rings. The lowest BCUT2D eigenvalue weighted by molar-refractivity contribution is 0.960. The van der Waals surface area contributed by atoms with Crippen molar-refractivity contribution in [3.63, 3.8) is 0 Å². The van der Waals surface area contributed by atoms with E-state index in [2.05, 4.69) is 26.3 Å². The van der Waals surface area contributed by atoms with Gasteiger partial charge in [-0.05, 0) is 18.2 Å². The molecule has 70 valence electrons. The Balaban J connectivity index is 2.13. The van der Waals surface area contributed by atoms with Crippen LogP contribution in [0.5, 0.6) is 0 Å². The van der Waals surface area contributed by atoms with Crippen LogP contribution in [0.4, 0.5) is 0 Å². The van der Waals surface area contributed by atoms with Gasteiger partial charge in [-0.15, -0.1) is 0 Å². The molecule has 1 aliphatic rings. The van der Waals surface area contributed by atoms with E-state index in [4.69, 9.17) is 0 Å². The first-order chi connectivity index (χ1) is 6.93. The molecule has 2 heterocycles. The molecule has 4 nitrogen and oxygen atoms in total. The summed E-state index contributed by atoms with van der Waals surface area (Å²) in [6.07, 6.45) is 1.71. The average Bonchev–Trinajstić information content (AvgIpc) is 2.88. The number of H-pyrrole nitrogens is 1. The van der Waals surface area contributed by atoms with Crippen LogP contribution in [0, 0.1) is 0 Å². The van der Waals surface area contributed by atoms with E-state index in [0.29, 0.717) is 0 Å². The standard InChI is InChI=1S/C10H10N4/c1-2-8-9(14-6-13-8)5-7(1)10-11-3-4-12-10/h1-2,5-6H,3-4H2,(H,11,12)(H,13,14). The molecule has 0 unspecified atom stereocenters. The van der Waals surface area contributed by atoms with E-state index in [1.807, 2.05) is 12.1 Å². The number of aromatic nitrogens is 2. The molecule has 14 heavy (non-hydrogen) atoms. The summed E-state index contributed by atoms with van der Waals surface area (Å²) in [5.41, 5.74) is 3.16. The molecule has 0 saturated heterocycles. The Kier molecular flexibility index (Phi) is 1.53. The summed E-state index contributed by atoms with van der Waals surface area (Å²) in [4.78, 5) is 11.6. The van der Waals surface area contributed by atoms with Crippen LogP contribution in [0.2, 0.25) is 0 Å². The second-order valence-electron chi connectivity index (χ2n) is 3.29. The predicted molar refractivity (Wildman–Crippen MR) is 55.5 cm³/mol. The molecular formula is C10H10N4. The third kappa shape index (κ3) is 1.08. The number of hydrogen-bond acceptors (Lipinski definition) is 3. The van der Waals surface area contributed by atoms with Crippen molar-refractivity contribution in [3.05, 3.63) is 30.1 Å². The van der Waals surface area contributed by atoms with Gasteiger partial charge < -0.3 is 10.3 Å². The van der Waals surface area contributed by atoms with Crippen molar-refractivity contribution in [2.75, 3.05) is 13.1 Å². The fourth-order valence-electron chi connectivity index (χ4n) is 1.67. The lowest BCUT2D eigenvalue weighted by atomic mass is 10.2. The predicted octanol–water partition coefficient (Wildman–Crippen LogP) is 0.913. The Morgan fingerprint density at radius 1 is 1.29 bits per heavy atom. The molecule has 0 radical (unpaired) electrons. The molecule has 0 spiro atoms. The fraction of sp³-hybridized carbons (Fsp3) is 0.200. The van der Waals surface area contributed by atoms with Crippen molar-refractivity contribution in [2.45, 2.75) is 0 Å². The quantitative estimate of drug-likeness (QED) is 0.695.